The minimum Gasteiger partial charge on any atom is -0.354 e. The number of hydrogen-bond acceptors (Lipinski definition) is 4. The van der Waals surface area contributed by atoms with Gasteiger partial charge in [0.2, 0.25) is 11.8 Å². The first-order valence-electron chi connectivity index (χ1n) is 14.5. The minimum absolute atomic E-state index is 0.0807. The minimum atomic E-state index is -4.12. The number of anilines is 1. The molecule has 43 heavy (non-hydrogen) atoms. The normalized spacial score (nSPS) is 11.9. The summed E-state index contributed by atoms with van der Waals surface area (Å²) in [4.78, 5) is 29.7. The van der Waals surface area contributed by atoms with Gasteiger partial charge in [-0.1, -0.05) is 91.9 Å². The molecule has 8 heteroatoms. The first-order chi connectivity index (χ1) is 20.7. The summed E-state index contributed by atoms with van der Waals surface area (Å²) in [5.41, 5.74) is 4.03. The fraction of sp³-hybridized carbons (Fsp3) is 0.257. The lowest BCUT2D eigenvalue weighted by Gasteiger charge is -2.34. The zero-order valence-electron chi connectivity index (χ0n) is 24.9. The highest BCUT2D eigenvalue weighted by Gasteiger charge is 2.34. The summed E-state index contributed by atoms with van der Waals surface area (Å²) in [6, 6.07) is 31.6. The van der Waals surface area contributed by atoms with Crippen LogP contribution in [0.2, 0.25) is 0 Å². The maximum Gasteiger partial charge on any atom is 0.264 e. The molecule has 7 nitrogen and oxygen atoms in total. The smallest absolute Gasteiger partial charge is 0.264 e. The molecule has 0 aromatic heterocycles. The third kappa shape index (κ3) is 8.11. The molecule has 0 heterocycles. The second-order valence-electron chi connectivity index (χ2n) is 10.6. The molecule has 0 fully saturated rings. The molecule has 0 saturated heterocycles. The molecular weight excluding hydrogens is 558 g/mol. The van der Waals surface area contributed by atoms with Crippen LogP contribution in [0.1, 0.15) is 35.6 Å². The van der Waals surface area contributed by atoms with Crippen LogP contribution in [-0.4, -0.2) is 44.3 Å². The number of rotatable bonds is 13. The van der Waals surface area contributed by atoms with Crippen molar-refractivity contribution in [2.24, 2.45) is 0 Å². The molecule has 224 valence electrons. The molecule has 0 unspecified atom stereocenters. The highest BCUT2D eigenvalue weighted by molar-refractivity contribution is 7.92. The molecule has 0 aliphatic carbocycles. The van der Waals surface area contributed by atoms with Crippen LogP contribution in [0.15, 0.2) is 114 Å². The van der Waals surface area contributed by atoms with Crippen LogP contribution in [0.25, 0.3) is 0 Å². The van der Waals surface area contributed by atoms with Crippen molar-refractivity contribution in [2.45, 2.75) is 51.1 Å². The van der Waals surface area contributed by atoms with Crippen molar-refractivity contribution in [3.05, 3.63) is 131 Å². The molecule has 4 rings (SSSR count). The van der Waals surface area contributed by atoms with Gasteiger partial charge < -0.3 is 10.2 Å². The van der Waals surface area contributed by atoms with Gasteiger partial charge in [-0.2, -0.15) is 0 Å². The van der Waals surface area contributed by atoms with Gasteiger partial charge in [-0.3, -0.25) is 13.9 Å². The van der Waals surface area contributed by atoms with Crippen molar-refractivity contribution in [3.63, 3.8) is 0 Å². The molecule has 4 aromatic carbocycles. The number of nitrogens with one attached hydrogen (secondary N) is 1. The summed E-state index contributed by atoms with van der Waals surface area (Å²) in [5.74, 6) is -0.757. The average molecular weight is 598 g/mol. The van der Waals surface area contributed by atoms with Crippen LogP contribution in [0.4, 0.5) is 5.69 Å². The van der Waals surface area contributed by atoms with Gasteiger partial charge in [-0.15, -0.1) is 0 Å². The van der Waals surface area contributed by atoms with E-state index in [0.29, 0.717) is 12.2 Å². The van der Waals surface area contributed by atoms with E-state index < -0.39 is 28.5 Å². The fourth-order valence-electron chi connectivity index (χ4n) is 4.83. The first kappa shape index (κ1) is 31.5. The monoisotopic (exact) mass is 597 g/mol. The molecule has 1 atom stereocenters. The quantitative estimate of drug-likeness (QED) is 0.215. The second-order valence-corrected chi connectivity index (χ2v) is 12.5. The second kappa shape index (κ2) is 14.6. The van der Waals surface area contributed by atoms with E-state index in [2.05, 4.69) is 5.32 Å². The van der Waals surface area contributed by atoms with E-state index in [1.165, 1.54) is 17.0 Å². The summed E-state index contributed by atoms with van der Waals surface area (Å²) in [6.45, 7) is 5.96. The third-order valence-electron chi connectivity index (χ3n) is 7.40. The predicted molar refractivity (Wildman–Crippen MR) is 171 cm³/mol. The number of carbonyl (C=O) groups excluding carboxylic acids is 2. The van der Waals surface area contributed by atoms with E-state index >= 15 is 0 Å². The van der Waals surface area contributed by atoms with Crippen LogP contribution in [-0.2, 0) is 32.6 Å². The summed E-state index contributed by atoms with van der Waals surface area (Å²) in [7, 11) is -4.12. The summed E-state index contributed by atoms with van der Waals surface area (Å²) in [5, 5.41) is 2.96. The third-order valence-corrected chi connectivity index (χ3v) is 9.19. The van der Waals surface area contributed by atoms with Gasteiger partial charge in [0.15, 0.2) is 0 Å². The molecule has 2 amide bonds. The molecule has 0 spiro atoms. The lowest BCUT2D eigenvalue weighted by atomic mass is 10.0. The Hall–Kier alpha value is -4.43. The fourth-order valence-corrected chi connectivity index (χ4v) is 6.26. The molecule has 0 bridgehead atoms. The largest absolute Gasteiger partial charge is 0.354 e. The highest BCUT2D eigenvalue weighted by Crippen LogP contribution is 2.27. The SMILES string of the molecule is CCCNC(=O)[C@@H](Cc1ccccc1)N(Cc1ccccc1)C(=O)CN(c1ccc(C)c(C)c1)S(=O)(=O)c1ccccc1. The number of sulfonamides is 1. The molecule has 0 aliphatic heterocycles. The van der Waals surface area contributed by atoms with E-state index in [-0.39, 0.29) is 23.8 Å². The van der Waals surface area contributed by atoms with Gasteiger partial charge in [0.1, 0.15) is 12.6 Å². The Labute approximate surface area is 255 Å². The molecule has 1 N–H and O–H groups in total. The maximum absolute atomic E-state index is 14.4. The number of benzene rings is 4. The van der Waals surface area contributed by atoms with E-state index in [1.54, 1.807) is 30.3 Å². The number of carbonyl (C=O) groups is 2. The Morgan fingerprint density at radius 1 is 0.767 bits per heavy atom. The van der Waals surface area contributed by atoms with Crippen LogP contribution in [0.5, 0.6) is 0 Å². The van der Waals surface area contributed by atoms with E-state index in [0.717, 1.165) is 33.0 Å². The van der Waals surface area contributed by atoms with Crippen molar-refractivity contribution in [1.82, 2.24) is 10.2 Å². The Balaban J connectivity index is 1.79. The number of hydrogen-bond donors (Lipinski definition) is 1. The van der Waals surface area contributed by atoms with Gasteiger partial charge in [0.05, 0.1) is 10.6 Å². The first-order valence-corrected chi connectivity index (χ1v) is 15.9. The Morgan fingerprint density at radius 2 is 1.35 bits per heavy atom. The van der Waals surface area contributed by atoms with Crippen molar-refractivity contribution >= 4 is 27.5 Å². The number of aryl methyl sites for hydroxylation is 2. The molecule has 0 saturated carbocycles. The number of nitrogens with zero attached hydrogens (tertiary/aromatic N) is 2. The van der Waals surface area contributed by atoms with Crippen molar-refractivity contribution in [1.29, 1.82) is 0 Å². The van der Waals surface area contributed by atoms with Crippen molar-refractivity contribution < 1.29 is 18.0 Å². The standard InChI is InChI=1S/C35H39N3O4S/c1-4-22-36-35(40)33(24-29-14-8-5-9-15-29)37(25-30-16-10-6-11-17-30)34(39)26-38(31-21-20-27(2)28(3)23-31)43(41,42)32-18-12-7-13-19-32/h5-21,23,33H,4,22,24-26H2,1-3H3,(H,36,40)/t33-/m1/s1. The summed E-state index contributed by atoms with van der Waals surface area (Å²) in [6.07, 6.45) is 1.02. The Kier molecular flexibility index (Phi) is 10.7. The van der Waals surface area contributed by atoms with E-state index in [4.69, 9.17) is 0 Å². The van der Waals surface area contributed by atoms with E-state index in [1.807, 2.05) is 87.5 Å². The highest BCUT2D eigenvalue weighted by atomic mass is 32.2. The van der Waals surface area contributed by atoms with Crippen LogP contribution in [0, 0.1) is 13.8 Å². The lowest BCUT2D eigenvalue weighted by molar-refractivity contribution is -0.140. The van der Waals surface area contributed by atoms with Crippen molar-refractivity contribution in [2.75, 3.05) is 17.4 Å². The summed E-state index contributed by atoms with van der Waals surface area (Å²) < 4.78 is 29.3. The van der Waals surface area contributed by atoms with Crippen LogP contribution < -0.4 is 9.62 Å². The Bertz CT molecular complexity index is 1610. The lowest BCUT2D eigenvalue weighted by Crippen LogP contribution is -2.53. The molecule has 4 aromatic rings. The molecule has 0 radical (unpaired) electrons. The average Bonchev–Trinajstić information content (AvgIpc) is 3.03. The number of amides is 2. The maximum atomic E-state index is 14.4. The molecular formula is C35H39N3O4S. The zero-order chi connectivity index (χ0) is 30.8. The van der Waals surface area contributed by atoms with Gasteiger partial charge in [0, 0.05) is 19.5 Å². The van der Waals surface area contributed by atoms with Crippen molar-refractivity contribution in [3.8, 4) is 0 Å². The van der Waals surface area contributed by atoms with Gasteiger partial charge in [-0.05, 0) is 66.8 Å². The molecule has 0 aliphatic rings. The van der Waals surface area contributed by atoms with Gasteiger partial charge in [-0.25, -0.2) is 8.42 Å². The van der Waals surface area contributed by atoms with Gasteiger partial charge >= 0.3 is 0 Å². The summed E-state index contributed by atoms with van der Waals surface area (Å²) >= 11 is 0. The van der Waals surface area contributed by atoms with Crippen LogP contribution in [0.3, 0.4) is 0 Å². The van der Waals surface area contributed by atoms with Gasteiger partial charge in [0.25, 0.3) is 10.0 Å². The predicted octanol–water partition coefficient (Wildman–Crippen LogP) is 5.67. The zero-order valence-corrected chi connectivity index (χ0v) is 25.8. The van der Waals surface area contributed by atoms with Crippen LogP contribution >= 0.6 is 0 Å². The topological polar surface area (TPSA) is 86.8 Å². The Morgan fingerprint density at radius 3 is 1.93 bits per heavy atom. The van der Waals surface area contributed by atoms with E-state index in [9.17, 15) is 18.0 Å².